The predicted octanol–water partition coefficient (Wildman–Crippen LogP) is 3.50. The maximum Gasteiger partial charge on any atom is 0.306 e. The fourth-order valence-corrected chi connectivity index (χ4v) is 2.75. The number of non-ortho nitro benzene ring substituents is 1. The second kappa shape index (κ2) is 10.7. The van der Waals surface area contributed by atoms with E-state index in [2.05, 4.69) is 10.6 Å². The minimum Gasteiger partial charge on any atom is -0.456 e. The van der Waals surface area contributed by atoms with Crippen molar-refractivity contribution < 1.29 is 24.0 Å². The summed E-state index contributed by atoms with van der Waals surface area (Å²) in [6.07, 6.45) is 0.307. The Morgan fingerprint density at radius 1 is 0.900 bits per heavy atom. The molecule has 30 heavy (non-hydrogen) atoms. The minimum absolute atomic E-state index is 0.00941. The van der Waals surface area contributed by atoms with Crippen molar-refractivity contribution >= 4 is 34.8 Å². The summed E-state index contributed by atoms with van der Waals surface area (Å²) < 4.78 is 4.93. The van der Waals surface area contributed by atoms with E-state index in [4.69, 9.17) is 4.74 Å². The van der Waals surface area contributed by atoms with E-state index in [0.717, 1.165) is 11.1 Å². The van der Waals surface area contributed by atoms with E-state index in [0.29, 0.717) is 11.4 Å². The van der Waals surface area contributed by atoms with Crippen LogP contribution in [-0.2, 0) is 19.1 Å². The first-order valence-corrected chi connectivity index (χ1v) is 9.31. The van der Waals surface area contributed by atoms with Crippen molar-refractivity contribution in [2.24, 2.45) is 0 Å². The van der Waals surface area contributed by atoms with Crippen molar-refractivity contribution in [2.75, 3.05) is 17.2 Å². The molecule has 9 heteroatoms. The van der Waals surface area contributed by atoms with Crippen LogP contribution in [0.1, 0.15) is 30.4 Å². The maximum atomic E-state index is 11.9. The Balaban J connectivity index is 1.66. The molecule has 0 bridgehead atoms. The molecule has 0 atom stereocenters. The fraction of sp³-hybridized carbons (Fsp3) is 0.286. The number of nitrogens with one attached hydrogen (secondary N) is 2. The summed E-state index contributed by atoms with van der Waals surface area (Å²) in [5.41, 5.74) is 3.01. The quantitative estimate of drug-likeness (QED) is 0.368. The number of carbonyl (C=O) groups excluding carboxylic acids is 3. The van der Waals surface area contributed by atoms with Gasteiger partial charge in [-0.3, -0.25) is 24.5 Å². The normalized spacial score (nSPS) is 10.2. The minimum atomic E-state index is -0.575. The lowest BCUT2D eigenvalue weighted by Gasteiger charge is -2.08. The maximum absolute atomic E-state index is 11.9. The molecular weight excluding hydrogens is 390 g/mol. The molecule has 9 nitrogen and oxygen atoms in total. The number of nitro groups is 1. The number of nitrogens with zero attached hydrogens (tertiary/aromatic N) is 1. The summed E-state index contributed by atoms with van der Waals surface area (Å²) in [6.45, 7) is 3.43. The third kappa shape index (κ3) is 7.70. The van der Waals surface area contributed by atoms with Gasteiger partial charge in [-0.1, -0.05) is 6.07 Å². The summed E-state index contributed by atoms with van der Waals surface area (Å²) >= 11 is 0. The van der Waals surface area contributed by atoms with E-state index in [-0.39, 0.29) is 30.9 Å². The highest BCUT2D eigenvalue weighted by Crippen LogP contribution is 2.16. The summed E-state index contributed by atoms with van der Waals surface area (Å²) in [4.78, 5) is 45.6. The molecular formula is C21H23N3O6. The summed E-state index contributed by atoms with van der Waals surface area (Å²) in [6, 6.07) is 11.0. The van der Waals surface area contributed by atoms with Gasteiger partial charge in [0.25, 0.3) is 11.6 Å². The highest BCUT2D eigenvalue weighted by Gasteiger charge is 2.11. The lowest BCUT2D eigenvalue weighted by Crippen LogP contribution is -2.21. The molecule has 2 amide bonds. The summed E-state index contributed by atoms with van der Waals surface area (Å²) in [5.74, 6) is -1.35. The zero-order chi connectivity index (χ0) is 22.1. The van der Waals surface area contributed by atoms with Crippen molar-refractivity contribution in [3.63, 3.8) is 0 Å². The van der Waals surface area contributed by atoms with Crippen LogP contribution in [0.15, 0.2) is 42.5 Å². The molecule has 2 aromatic rings. The molecule has 0 spiro atoms. The lowest BCUT2D eigenvalue weighted by atomic mass is 10.1. The molecule has 158 valence electrons. The average Bonchev–Trinajstić information content (AvgIpc) is 2.66. The number of hydrogen-bond acceptors (Lipinski definition) is 6. The van der Waals surface area contributed by atoms with Crippen LogP contribution in [0.4, 0.5) is 17.1 Å². The standard InChI is InChI=1S/C21H23N3O6/c1-14-10-15(2)12-17(11-14)23-20(26)13-30-21(27)5-3-4-19(25)22-16-6-8-18(9-7-16)24(28)29/h6-12H,3-5,13H2,1-2H3,(H,22,25)(H,23,26). The Kier molecular flexibility index (Phi) is 8.04. The van der Waals surface area contributed by atoms with Crippen LogP contribution in [0.25, 0.3) is 0 Å². The van der Waals surface area contributed by atoms with Crippen LogP contribution in [-0.4, -0.2) is 29.3 Å². The van der Waals surface area contributed by atoms with Gasteiger partial charge in [0.15, 0.2) is 6.61 Å². The van der Waals surface area contributed by atoms with Crippen LogP contribution in [0, 0.1) is 24.0 Å². The third-order valence-corrected chi connectivity index (χ3v) is 4.02. The average molecular weight is 413 g/mol. The van der Waals surface area contributed by atoms with Gasteiger partial charge in [0.1, 0.15) is 0 Å². The van der Waals surface area contributed by atoms with E-state index in [9.17, 15) is 24.5 Å². The molecule has 2 rings (SSSR count). The van der Waals surface area contributed by atoms with Gasteiger partial charge in [0.05, 0.1) is 4.92 Å². The van der Waals surface area contributed by atoms with Crippen molar-refractivity contribution in [2.45, 2.75) is 33.1 Å². The number of anilines is 2. The van der Waals surface area contributed by atoms with Gasteiger partial charge in [-0.05, 0) is 55.7 Å². The van der Waals surface area contributed by atoms with Gasteiger partial charge >= 0.3 is 5.97 Å². The number of benzene rings is 2. The molecule has 0 radical (unpaired) electrons. The monoisotopic (exact) mass is 413 g/mol. The molecule has 2 aromatic carbocycles. The van der Waals surface area contributed by atoms with E-state index in [1.807, 2.05) is 32.0 Å². The number of nitro benzene ring substituents is 1. The molecule has 0 aliphatic carbocycles. The van der Waals surface area contributed by atoms with Crippen LogP contribution < -0.4 is 10.6 Å². The topological polar surface area (TPSA) is 128 Å². The Labute approximate surface area is 173 Å². The van der Waals surface area contributed by atoms with E-state index in [1.165, 1.54) is 24.3 Å². The largest absolute Gasteiger partial charge is 0.456 e. The zero-order valence-electron chi connectivity index (χ0n) is 16.8. The second-order valence-corrected chi connectivity index (χ2v) is 6.79. The first-order chi connectivity index (χ1) is 14.2. The predicted molar refractivity (Wildman–Crippen MR) is 111 cm³/mol. The van der Waals surface area contributed by atoms with Gasteiger partial charge in [-0.2, -0.15) is 0 Å². The SMILES string of the molecule is Cc1cc(C)cc(NC(=O)COC(=O)CCCC(=O)Nc2ccc([N+](=O)[O-])cc2)c1. The van der Waals surface area contributed by atoms with Crippen LogP contribution in [0.3, 0.4) is 0 Å². The van der Waals surface area contributed by atoms with E-state index >= 15 is 0 Å². The van der Waals surface area contributed by atoms with Crippen molar-refractivity contribution in [3.8, 4) is 0 Å². The molecule has 0 aliphatic heterocycles. The van der Waals surface area contributed by atoms with Crippen LogP contribution in [0.2, 0.25) is 0 Å². The highest BCUT2D eigenvalue weighted by atomic mass is 16.6. The zero-order valence-corrected chi connectivity index (χ0v) is 16.8. The molecule has 0 aromatic heterocycles. The number of amides is 2. The molecule has 0 fully saturated rings. The Hall–Kier alpha value is -3.75. The number of aryl methyl sites for hydroxylation is 2. The number of rotatable bonds is 9. The van der Waals surface area contributed by atoms with Crippen molar-refractivity contribution in [3.05, 3.63) is 63.7 Å². The first kappa shape index (κ1) is 22.5. The van der Waals surface area contributed by atoms with E-state index in [1.54, 1.807) is 0 Å². The molecule has 0 saturated carbocycles. The molecule has 0 unspecified atom stereocenters. The van der Waals surface area contributed by atoms with Crippen molar-refractivity contribution in [1.29, 1.82) is 0 Å². The highest BCUT2D eigenvalue weighted by molar-refractivity contribution is 5.93. The Morgan fingerprint density at radius 3 is 2.10 bits per heavy atom. The van der Waals surface area contributed by atoms with E-state index < -0.39 is 23.4 Å². The van der Waals surface area contributed by atoms with Gasteiger partial charge in [0, 0.05) is 36.3 Å². The Morgan fingerprint density at radius 2 is 1.50 bits per heavy atom. The third-order valence-electron chi connectivity index (χ3n) is 4.02. The van der Waals surface area contributed by atoms with Gasteiger partial charge in [0.2, 0.25) is 5.91 Å². The lowest BCUT2D eigenvalue weighted by molar-refractivity contribution is -0.384. The van der Waals surface area contributed by atoms with Crippen molar-refractivity contribution in [1.82, 2.24) is 0 Å². The molecule has 0 heterocycles. The first-order valence-electron chi connectivity index (χ1n) is 9.31. The van der Waals surface area contributed by atoms with Gasteiger partial charge < -0.3 is 15.4 Å². The number of ether oxygens (including phenoxy) is 1. The van der Waals surface area contributed by atoms with Crippen LogP contribution >= 0.6 is 0 Å². The van der Waals surface area contributed by atoms with Gasteiger partial charge in [-0.25, -0.2) is 0 Å². The van der Waals surface area contributed by atoms with Crippen LogP contribution in [0.5, 0.6) is 0 Å². The van der Waals surface area contributed by atoms with Gasteiger partial charge in [-0.15, -0.1) is 0 Å². The smallest absolute Gasteiger partial charge is 0.306 e. The number of esters is 1. The second-order valence-electron chi connectivity index (χ2n) is 6.79. The summed E-state index contributed by atoms with van der Waals surface area (Å²) in [7, 11) is 0. The molecule has 0 aliphatic rings. The Bertz CT molecular complexity index is 920. The summed E-state index contributed by atoms with van der Waals surface area (Å²) in [5, 5.41) is 15.9. The molecule has 0 saturated heterocycles. The molecule has 2 N–H and O–H groups in total. The number of carbonyl (C=O) groups is 3. The fourth-order valence-electron chi connectivity index (χ4n) is 2.75. The number of hydrogen-bond donors (Lipinski definition) is 2.